The van der Waals surface area contributed by atoms with Crippen molar-refractivity contribution in [1.82, 2.24) is 9.78 Å². The lowest BCUT2D eigenvalue weighted by atomic mass is 10.2. The topological polar surface area (TPSA) is 37.8 Å². The number of nitrogens with zero attached hydrogens (tertiary/aromatic N) is 1. The van der Waals surface area contributed by atoms with E-state index in [1.807, 2.05) is 13.8 Å². The first-order valence-corrected chi connectivity index (χ1v) is 4.66. The summed E-state index contributed by atoms with van der Waals surface area (Å²) in [5, 5.41) is 1.48. The van der Waals surface area contributed by atoms with E-state index in [2.05, 4.69) is 5.10 Å². The molecule has 0 saturated carbocycles. The predicted molar refractivity (Wildman–Crippen MR) is 49.9 cm³/mol. The van der Waals surface area contributed by atoms with Gasteiger partial charge >= 0.3 is 6.18 Å². The Morgan fingerprint density at radius 2 is 2.00 bits per heavy atom. The zero-order chi connectivity index (χ0) is 11.8. The Hall–Kier alpha value is -0.910. The Morgan fingerprint density at radius 3 is 2.33 bits per heavy atom. The van der Waals surface area contributed by atoms with Crippen molar-refractivity contribution in [2.75, 3.05) is 0 Å². The minimum atomic E-state index is -4.72. The molecule has 15 heavy (non-hydrogen) atoms. The highest BCUT2D eigenvalue weighted by molar-refractivity contribution is 6.30. The molecule has 0 aliphatic rings. The average Bonchev–Trinajstić information content (AvgIpc) is 2.23. The number of aromatic amines is 1. The summed E-state index contributed by atoms with van der Waals surface area (Å²) in [7, 11) is 0. The summed E-state index contributed by atoms with van der Waals surface area (Å²) in [6.45, 7) is 3.86. The second-order valence-electron chi connectivity index (χ2n) is 3.61. The Morgan fingerprint density at radius 1 is 1.47 bits per heavy atom. The fourth-order valence-corrected chi connectivity index (χ4v) is 1.50. The van der Waals surface area contributed by atoms with Crippen LogP contribution in [0.4, 0.5) is 13.2 Å². The van der Waals surface area contributed by atoms with Gasteiger partial charge in [-0.05, 0) is 5.92 Å². The largest absolute Gasteiger partial charge is 0.424 e. The van der Waals surface area contributed by atoms with Crippen LogP contribution in [0.3, 0.4) is 0 Å². The van der Waals surface area contributed by atoms with E-state index < -0.39 is 22.5 Å². The van der Waals surface area contributed by atoms with E-state index in [1.54, 1.807) is 0 Å². The van der Waals surface area contributed by atoms with Gasteiger partial charge in [0, 0.05) is 6.54 Å². The van der Waals surface area contributed by atoms with Gasteiger partial charge in [-0.1, -0.05) is 25.4 Å². The predicted octanol–water partition coefficient (Wildman–Crippen LogP) is 2.50. The summed E-state index contributed by atoms with van der Waals surface area (Å²) in [6, 6.07) is 0. The van der Waals surface area contributed by atoms with Crippen LogP contribution >= 0.6 is 11.6 Å². The smallest absolute Gasteiger partial charge is 0.273 e. The zero-order valence-electron chi connectivity index (χ0n) is 8.15. The molecule has 0 aliphatic carbocycles. The quantitative estimate of drug-likeness (QED) is 0.850. The maximum Gasteiger partial charge on any atom is 0.424 e. The second-order valence-corrected chi connectivity index (χ2v) is 3.97. The molecule has 0 aliphatic heterocycles. The number of rotatable bonds is 2. The van der Waals surface area contributed by atoms with Crippen LogP contribution in [0.1, 0.15) is 19.4 Å². The van der Waals surface area contributed by atoms with Crippen molar-refractivity contribution in [3.63, 3.8) is 0 Å². The van der Waals surface area contributed by atoms with Gasteiger partial charge in [0.1, 0.15) is 5.15 Å². The molecule has 1 rings (SSSR count). The molecular formula is C8H10ClF3N2O. The van der Waals surface area contributed by atoms with E-state index in [-0.39, 0.29) is 12.5 Å². The molecule has 0 bridgehead atoms. The van der Waals surface area contributed by atoms with Crippen LogP contribution in [-0.4, -0.2) is 9.78 Å². The van der Waals surface area contributed by atoms with Crippen LogP contribution in [0.2, 0.25) is 5.15 Å². The molecule has 1 heterocycles. The number of hydrogen-bond donors (Lipinski definition) is 1. The minimum Gasteiger partial charge on any atom is -0.273 e. The SMILES string of the molecule is CC(C)Cn1[nH]c(=O)c(C(F)(F)F)c1Cl. The molecule has 86 valence electrons. The zero-order valence-corrected chi connectivity index (χ0v) is 8.91. The van der Waals surface area contributed by atoms with E-state index in [0.717, 1.165) is 4.68 Å². The van der Waals surface area contributed by atoms with Crippen LogP contribution in [0.15, 0.2) is 4.79 Å². The fraction of sp³-hybridized carbons (Fsp3) is 0.625. The summed E-state index contributed by atoms with van der Waals surface area (Å²) < 4.78 is 38.0. The first-order chi connectivity index (χ1) is 6.73. The van der Waals surface area contributed by atoms with Crippen LogP contribution in [0.25, 0.3) is 0 Å². The van der Waals surface area contributed by atoms with Crippen LogP contribution in [-0.2, 0) is 12.7 Å². The van der Waals surface area contributed by atoms with Crippen molar-refractivity contribution in [3.8, 4) is 0 Å². The van der Waals surface area contributed by atoms with E-state index in [4.69, 9.17) is 11.6 Å². The highest BCUT2D eigenvalue weighted by Crippen LogP contribution is 2.31. The van der Waals surface area contributed by atoms with Gasteiger partial charge in [0.25, 0.3) is 5.56 Å². The number of hydrogen-bond acceptors (Lipinski definition) is 1. The first-order valence-electron chi connectivity index (χ1n) is 4.29. The van der Waals surface area contributed by atoms with Crippen molar-refractivity contribution in [3.05, 3.63) is 21.1 Å². The molecule has 0 spiro atoms. The van der Waals surface area contributed by atoms with Gasteiger partial charge in [0.15, 0.2) is 5.56 Å². The minimum absolute atomic E-state index is 0.0895. The molecule has 7 heteroatoms. The van der Waals surface area contributed by atoms with Crippen molar-refractivity contribution in [2.45, 2.75) is 26.6 Å². The summed E-state index contributed by atoms with van der Waals surface area (Å²) in [5.41, 5.74) is -2.53. The Balaban J connectivity index is 3.21. The van der Waals surface area contributed by atoms with Crippen LogP contribution < -0.4 is 5.56 Å². The number of nitrogens with one attached hydrogen (secondary N) is 1. The highest BCUT2D eigenvalue weighted by Gasteiger charge is 2.39. The summed E-state index contributed by atoms with van der Waals surface area (Å²) in [5.74, 6) is 0.0895. The maximum atomic E-state index is 12.3. The van der Waals surface area contributed by atoms with Gasteiger partial charge < -0.3 is 0 Å². The Bertz CT molecular complexity index is 405. The van der Waals surface area contributed by atoms with Crippen molar-refractivity contribution in [2.24, 2.45) is 5.92 Å². The molecule has 0 fully saturated rings. The molecule has 0 atom stereocenters. The Kier molecular flexibility index (Phi) is 3.18. The highest BCUT2D eigenvalue weighted by atomic mass is 35.5. The third-order valence-electron chi connectivity index (χ3n) is 1.74. The van der Waals surface area contributed by atoms with Gasteiger partial charge in [-0.25, -0.2) is 0 Å². The van der Waals surface area contributed by atoms with Crippen molar-refractivity contribution >= 4 is 11.6 Å². The van der Waals surface area contributed by atoms with E-state index in [1.165, 1.54) is 0 Å². The summed E-state index contributed by atoms with van der Waals surface area (Å²) in [4.78, 5) is 11.0. The van der Waals surface area contributed by atoms with Gasteiger partial charge in [-0.3, -0.25) is 14.6 Å². The third kappa shape index (κ3) is 2.56. The second kappa shape index (κ2) is 3.92. The normalized spacial score (nSPS) is 12.5. The van der Waals surface area contributed by atoms with Crippen molar-refractivity contribution < 1.29 is 13.2 Å². The lowest BCUT2D eigenvalue weighted by Gasteiger charge is -2.08. The molecule has 1 N–H and O–H groups in total. The maximum absolute atomic E-state index is 12.3. The van der Waals surface area contributed by atoms with E-state index in [0.29, 0.717) is 0 Å². The summed E-state index contributed by atoms with van der Waals surface area (Å²) >= 11 is 5.47. The van der Waals surface area contributed by atoms with Gasteiger partial charge in [0.05, 0.1) is 0 Å². The monoisotopic (exact) mass is 242 g/mol. The lowest BCUT2D eigenvalue weighted by Crippen LogP contribution is -2.16. The molecule has 0 amide bonds. The first kappa shape index (κ1) is 12.2. The fourth-order valence-electron chi connectivity index (χ4n) is 1.19. The molecule has 1 aromatic heterocycles. The van der Waals surface area contributed by atoms with Gasteiger partial charge in [-0.2, -0.15) is 13.2 Å². The lowest BCUT2D eigenvalue weighted by molar-refractivity contribution is -0.138. The number of halogens is 4. The molecule has 0 aromatic carbocycles. The van der Waals surface area contributed by atoms with E-state index >= 15 is 0 Å². The van der Waals surface area contributed by atoms with E-state index in [9.17, 15) is 18.0 Å². The average molecular weight is 243 g/mol. The third-order valence-corrected chi connectivity index (χ3v) is 2.13. The van der Waals surface area contributed by atoms with Crippen molar-refractivity contribution in [1.29, 1.82) is 0 Å². The summed E-state index contributed by atoms with van der Waals surface area (Å²) in [6.07, 6.45) is -4.72. The molecule has 0 unspecified atom stereocenters. The standard InChI is InChI=1S/C8H10ClF3N2O/c1-4(2)3-14-6(9)5(7(15)13-14)8(10,11)12/h4H,3H2,1-2H3,(H,13,15). The molecule has 0 saturated heterocycles. The van der Waals surface area contributed by atoms with Gasteiger partial charge in [0.2, 0.25) is 0 Å². The molecule has 1 aromatic rings. The molecular weight excluding hydrogens is 233 g/mol. The molecule has 3 nitrogen and oxygen atoms in total. The number of H-pyrrole nitrogens is 1. The van der Waals surface area contributed by atoms with Crippen LogP contribution in [0.5, 0.6) is 0 Å². The number of alkyl halides is 3. The van der Waals surface area contributed by atoms with Crippen LogP contribution in [0, 0.1) is 5.92 Å². The van der Waals surface area contributed by atoms with Gasteiger partial charge in [-0.15, -0.1) is 0 Å². The molecule has 0 radical (unpaired) electrons. The number of aromatic nitrogens is 2. The Labute approximate surface area is 88.8 Å².